The third kappa shape index (κ3) is 18.9. The predicted octanol–water partition coefficient (Wildman–Crippen LogP) is 8.57. The molecule has 420 valence electrons. The van der Waals surface area contributed by atoms with Crippen LogP contribution in [0.1, 0.15) is 68.7 Å². The molecule has 0 saturated carbocycles. The Bertz CT molecular complexity index is 3100. The van der Waals surface area contributed by atoms with Gasteiger partial charge in [-0.2, -0.15) is 23.1 Å². The lowest BCUT2D eigenvalue weighted by molar-refractivity contribution is -0.151. The Morgan fingerprint density at radius 2 is 1.56 bits per heavy atom. The fraction of sp³-hybridized carbons (Fsp3) is 0.347. The summed E-state index contributed by atoms with van der Waals surface area (Å²) in [7, 11) is 0.991. The number of unbranched alkanes of at least 4 members (excludes halogenated alkanes) is 2. The molecule has 22 nitrogen and oxygen atoms in total. The molecule has 5 amide bonds. The number of nitrogens with zero attached hydrogens (tertiary/aromatic N) is 7. The Hall–Kier alpha value is -7.98. The van der Waals surface area contributed by atoms with Gasteiger partial charge in [-0.05, 0) is 100 Å². The number of ether oxygens (including phenoxy) is 5. The summed E-state index contributed by atoms with van der Waals surface area (Å²) in [6, 6.07) is 15.9. The number of halogens is 5. The van der Waals surface area contributed by atoms with Gasteiger partial charge in [0.1, 0.15) is 22.0 Å². The van der Waals surface area contributed by atoms with Crippen LogP contribution in [0.25, 0.3) is 10.9 Å². The molecular weight excluding hydrogens is 1100 g/mol. The minimum absolute atomic E-state index is 0.0662. The molecule has 0 saturated heterocycles. The maximum Gasteiger partial charge on any atom is 0.445 e. The van der Waals surface area contributed by atoms with Crippen molar-refractivity contribution in [1.29, 1.82) is 0 Å². The van der Waals surface area contributed by atoms with Crippen molar-refractivity contribution in [3.8, 4) is 22.7 Å². The van der Waals surface area contributed by atoms with E-state index in [1.54, 1.807) is 36.9 Å². The minimum Gasteiger partial charge on any atom is -0.481 e. The van der Waals surface area contributed by atoms with Crippen LogP contribution in [0.5, 0.6) is 22.7 Å². The Morgan fingerprint density at radius 3 is 2.15 bits per heavy atom. The molecular formula is C49H55ClF4N10O12S2. The van der Waals surface area contributed by atoms with Crippen LogP contribution in [0.3, 0.4) is 0 Å². The summed E-state index contributed by atoms with van der Waals surface area (Å²) >= 11 is 6.34. The number of aromatic nitrogens is 5. The Labute approximate surface area is 454 Å². The maximum atomic E-state index is 13.0. The number of amides is 5. The highest BCUT2D eigenvalue weighted by molar-refractivity contribution is 7.90. The number of benzene rings is 3. The first-order valence-electron chi connectivity index (χ1n) is 23.2. The van der Waals surface area contributed by atoms with E-state index in [1.165, 1.54) is 75.7 Å². The first-order chi connectivity index (χ1) is 36.9. The Morgan fingerprint density at radius 1 is 0.885 bits per heavy atom. The first kappa shape index (κ1) is 62.6. The molecule has 78 heavy (non-hydrogen) atoms. The van der Waals surface area contributed by atoms with Crippen molar-refractivity contribution in [2.45, 2.75) is 76.6 Å². The summed E-state index contributed by atoms with van der Waals surface area (Å²) in [5.41, 5.74) is 0.991. The van der Waals surface area contributed by atoms with E-state index in [-0.39, 0.29) is 70.2 Å². The van der Waals surface area contributed by atoms with E-state index >= 15 is 0 Å². The van der Waals surface area contributed by atoms with Crippen molar-refractivity contribution in [2.75, 3.05) is 57.1 Å². The number of sulfonamides is 1. The van der Waals surface area contributed by atoms with Crippen molar-refractivity contribution < 1.29 is 73.6 Å². The molecule has 0 aliphatic rings. The number of alkyl halides is 3. The van der Waals surface area contributed by atoms with Crippen LogP contribution >= 0.6 is 22.9 Å². The SMILES string of the molecule is CC(C)N(C(=O)COc1nnc(C(F)(F)F)s1)c1ccc(F)cc1.CCCCCC(C)OC(=O)COc1ccc(Cl)c2cccnc12.COc1cc(OC)nc(NC(=O)NS(=O)(=O)c2cc(NC=O)ccc2C(=O)N(C)C)n1. The van der Waals surface area contributed by atoms with Gasteiger partial charge in [0.05, 0.1) is 37.0 Å². The quantitative estimate of drug-likeness (QED) is 0.0263. The minimum atomic E-state index is -4.61. The third-order valence-electron chi connectivity index (χ3n) is 10.1. The molecule has 3 aromatic heterocycles. The summed E-state index contributed by atoms with van der Waals surface area (Å²) in [4.78, 5) is 73.5. The van der Waals surface area contributed by atoms with Gasteiger partial charge in [0, 0.05) is 43.1 Å². The number of carbonyl (C=O) groups is 5. The molecule has 6 aromatic rings. The van der Waals surface area contributed by atoms with Crippen molar-refractivity contribution in [2.24, 2.45) is 0 Å². The second kappa shape index (κ2) is 29.5. The monoisotopic (exact) mass is 1150 g/mol. The van der Waals surface area contributed by atoms with Crippen LogP contribution in [0.15, 0.2) is 83.9 Å². The highest BCUT2D eigenvalue weighted by Crippen LogP contribution is 2.34. The number of urea groups is 1. The van der Waals surface area contributed by atoms with E-state index in [2.05, 4.69) is 42.7 Å². The van der Waals surface area contributed by atoms with Crippen molar-refractivity contribution in [3.05, 3.63) is 100 Å². The van der Waals surface area contributed by atoms with Crippen LogP contribution in [0.4, 0.5) is 39.7 Å². The van der Waals surface area contributed by atoms with Gasteiger partial charge in [-0.15, -0.1) is 5.10 Å². The van der Waals surface area contributed by atoms with Crippen LogP contribution in [-0.4, -0.2) is 122 Å². The molecule has 0 radical (unpaired) electrons. The largest absolute Gasteiger partial charge is 0.481 e. The average molecular weight is 1150 g/mol. The number of anilines is 3. The molecule has 3 heterocycles. The Kier molecular flexibility index (Phi) is 23.7. The fourth-order valence-electron chi connectivity index (χ4n) is 6.56. The van der Waals surface area contributed by atoms with Crippen molar-refractivity contribution in [3.63, 3.8) is 0 Å². The first-order valence-corrected chi connectivity index (χ1v) is 25.9. The zero-order valence-corrected chi connectivity index (χ0v) is 45.6. The molecule has 3 N–H and O–H groups in total. The number of hydrogen-bond donors (Lipinski definition) is 3. The molecule has 0 aliphatic heterocycles. The van der Waals surface area contributed by atoms with E-state index in [0.717, 1.165) is 42.0 Å². The van der Waals surface area contributed by atoms with Gasteiger partial charge in [0.25, 0.3) is 27.0 Å². The third-order valence-corrected chi connectivity index (χ3v) is 12.7. The van der Waals surface area contributed by atoms with Crippen molar-refractivity contribution >= 4 is 91.4 Å². The number of nitrogens with one attached hydrogen (secondary N) is 3. The second-order valence-electron chi connectivity index (χ2n) is 16.5. The average Bonchev–Trinajstić information content (AvgIpc) is 3.90. The molecule has 3 aromatic carbocycles. The predicted molar refractivity (Wildman–Crippen MR) is 280 cm³/mol. The highest BCUT2D eigenvalue weighted by Gasteiger charge is 2.36. The second-order valence-corrected chi connectivity index (χ2v) is 19.5. The summed E-state index contributed by atoms with van der Waals surface area (Å²) in [6.07, 6.45) is 1.57. The molecule has 1 atom stereocenters. The van der Waals surface area contributed by atoms with Gasteiger partial charge in [-0.25, -0.2) is 27.1 Å². The van der Waals surface area contributed by atoms with Gasteiger partial charge in [0.15, 0.2) is 13.2 Å². The number of pyridine rings is 1. The zero-order valence-electron chi connectivity index (χ0n) is 43.2. The van der Waals surface area contributed by atoms with Gasteiger partial charge < -0.3 is 38.8 Å². The number of hydrogen-bond acceptors (Lipinski definition) is 18. The molecule has 0 spiro atoms. The molecule has 0 fully saturated rings. The van der Waals surface area contributed by atoms with Gasteiger partial charge in [0.2, 0.25) is 29.1 Å². The normalized spacial score (nSPS) is 11.4. The van der Waals surface area contributed by atoms with Crippen molar-refractivity contribution in [1.82, 2.24) is 34.8 Å². The number of methoxy groups -OCH3 is 2. The summed E-state index contributed by atoms with van der Waals surface area (Å²) in [5, 5.41) is 10.6. The van der Waals surface area contributed by atoms with Crippen LogP contribution in [-0.2, 0) is 35.3 Å². The zero-order chi connectivity index (χ0) is 57.7. The molecule has 29 heteroatoms. The fourth-order valence-corrected chi connectivity index (χ4v) is 8.47. The molecule has 6 rings (SSSR count). The van der Waals surface area contributed by atoms with E-state index in [1.807, 2.05) is 19.1 Å². The van der Waals surface area contributed by atoms with Gasteiger partial charge in [-0.1, -0.05) is 47.8 Å². The molecule has 1 unspecified atom stereocenters. The Balaban J connectivity index is 0.000000256. The molecule has 0 bridgehead atoms. The van der Waals surface area contributed by atoms with E-state index in [4.69, 9.17) is 35.3 Å². The van der Waals surface area contributed by atoms with Crippen LogP contribution in [0, 0.1) is 5.82 Å². The lowest BCUT2D eigenvalue weighted by Gasteiger charge is -2.26. The number of fused-ring (bicyclic) bond motifs is 1. The summed E-state index contributed by atoms with van der Waals surface area (Å²) < 4.78 is 104. The van der Waals surface area contributed by atoms with Crippen LogP contribution < -0.4 is 39.2 Å². The molecule has 0 aliphatic carbocycles. The summed E-state index contributed by atoms with van der Waals surface area (Å²) in [5.74, 6) is -1.56. The maximum absolute atomic E-state index is 13.0. The standard InChI is InChI=1S/C18H22ClNO3.C17H20N6O7S.C14H13F4N3O2S/c1-3-4-5-7-13(2)23-17(21)12-22-16-10-9-15(19)14-8-6-11-20-18(14)16;1-23(2)15(25)11-6-5-10(18-9-24)7-12(11)31(27,28)22-17(26)21-16-19-13(29-3)8-14(20-16)30-4;1-8(2)21(10-5-3-9(15)4-6-10)11(22)7-23-13-20-19-12(24-13)14(16,17)18/h6,8-11,13H,3-5,7,12H2,1-2H3;5-9H,1-4H3,(H,18,24)(H2,19,20,21,22,26);3-6,8H,7H2,1-2H3. The number of carbonyl (C=O) groups excluding carboxylic acids is 5. The van der Waals surface area contributed by atoms with Gasteiger partial charge in [-0.3, -0.25) is 24.7 Å². The topological polar surface area (TPSA) is 273 Å². The highest BCUT2D eigenvalue weighted by atomic mass is 35.5. The van der Waals surface area contributed by atoms with E-state index < -0.39 is 56.4 Å². The van der Waals surface area contributed by atoms with Gasteiger partial charge >= 0.3 is 18.2 Å². The smallest absolute Gasteiger partial charge is 0.445 e. The number of rotatable bonds is 21. The lowest BCUT2D eigenvalue weighted by atomic mass is 10.1. The van der Waals surface area contributed by atoms with E-state index in [9.17, 15) is 50.0 Å². The summed E-state index contributed by atoms with van der Waals surface area (Å²) in [6.45, 7) is 6.90. The number of esters is 1. The lowest BCUT2D eigenvalue weighted by Crippen LogP contribution is -2.40. The van der Waals surface area contributed by atoms with E-state index in [0.29, 0.717) is 28.4 Å². The van der Waals surface area contributed by atoms with Crippen LogP contribution in [0.2, 0.25) is 5.02 Å².